The Labute approximate surface area is 181 Å². The molecule has 3 nitrogen and oxygen atoms in total. The fourth-order valence-corrected chi connectivity index (χ4v) is 6.52. The van der Waals surface area contributed by atoms with Crippen molar-refractivity contribution in [3.63, 3.8) is 0 Å². The van der Waals surface area contributed by atoms with Crippen LogP contribution in [0.15, 0.2) is 34.2 Å². The zero-order valence-corrected chi connectivity index (χ0v) is 19.3. The van der Waals surface area contributed by atoms with E-state index in [0.717, 1.165) is 46.1 Å². The molecule has 0 fully saturated rings. The average Bonchev–Trinajstić information content (AvgIpc) is 3.06. The van der Waals surface area contributed by atoms with Gasteiger partial charge in [0, 0.05) is 10.6 Å². The molecule has 0 saturated heterocycles. The number of fused-ring (bicyclic) bond motifs is 3. The van der Waals surface area contributed by atoms with Gasteiger partial charge in [-0.05, 0) is 56.2 Å². The second kappa shape index (κ2) is 9.05. The number of thiophene rings is 1. The van der Waals surface area contributed by atoms with Crippen molar-refractivity contribution in [1.82, 2.24) is 9.55 Å². The first kappa shape index (κ1) is 20.7. The van der Waals surface area contributed by atoms with E-state index in [9.17, 15) is 4.79 Å². The van der Waals surface area contributed by atoms with Crippen molar-refractivity contribution >= 4 is 33.3 Å². The molecule has 1 unspecified atom stereocenters. The maximum absolute atomic E-state index is 13.7. The Balaban J connectivity index is 1.80. The Morgan fingerprint density at radius 2 is 2.00 bits per heavy atom. The monoisotopic (exact) mass is 426 g/mol. The first-order valence-electron chi connectivity index (χ1n) is 10.9. The summed E-state index contributed by atoms with van der Waals surface area (Å²) in [5.41, 5.74) is 3.50. The van der Waals surface area contributed by atoms with Gasteiger partial charge in [-0.2, -0.15) is 0 Å². The zero-order chi connectivity index (χ0) is 20.4. The van der Waals surface area contributed by atoms with E-state index in [2.05, 4.69) is 32.9 Å². The largest absolute Gasteiger partial charge is 0.268 e. The second-order valence-corrected chi connectivity index (χ2v) is 10.5. The lowest BCUT2D eigenvalue weighted by molar-refractivity contribution is 0.509. The van der Waals surface area contributed by atoms with E-state index in [0.29, 0.717) is 5.92 Å². The van der Waals surface area contributed by atoms with E-state index in [-0.39, 0.29) is 5.56 Å². The van der Waals surface area contributed by atoms with E-state index in [4.69, 9.17) is 4.98 Å². The van der Waals surface area contributed by atoms with Crippen molar-refractivity contribution in [2.75, 3.05) is 5.75 Å². The van der Waals surface area contributed by atoms with Crippen LogP contribution >= 0.6 is 23.1 Å². The van der Waals surface area contributed by atoms with Crippen LogP contribution in [0.5, 0.6) is 0 Å². The Hall–Kier alpha value is -1.59. The molecule has 1 aliphatic rings. The lowest BCUT2D eigenvalue weighted by Gasteiger charge is -2.18. The van der Waals surface area contributed by atoms with Crippen molar-refractivity contribution < 1.29 is 0 Å². The van der Waals surface area contributed by atoms with Gasteiger partial charge in [-0.15, -0.1) is 11.3 Å². The molecule has 2 aromatic heterocycles. The summed E-state index contributed by atoms with van der Waals surface area (Å²) in [7, 11) is 0. The summed E-state index contributed by atoms with van der Waals surface area (Å²) in [4.78, 5) is 21.0. The van der Waals surface area contributed by atoms with Crippen LogP contribution in [-0.4, -0.2) is 15.3 Å². The van der Waals surface area contributed by atoms with Gasteiger partial charge < -0.3 is 0 Å². The highest BCUT2D eigenvalue weighted by Gasteiger charge is 2.25. The number of hydrogen-bond acceptors (Lipinski definition) is 4. The number of aromatic nitrogens is 2. The molecule has 0 spiro atoms. The summed E-state index contributed by atoms with van der Waals surface area (Å²) in [6, 6.07) is 8.25. The molecule has 5 heteroatoms. The molecule has 3 aromatic rings. The van der Waals surface area contributed by atoms with Crippen molar-refractivity contribution in [3.05, 3.63) is 50.6 Å². The van der Waals surface area contributed by atoms with Crippen LogP contribution in [0.4, 0.5) is 0 Å². The quantitative estimate of drug-likeness (QED) is 0.244. The second-order valence-electron chi connectivity index (χ2n) is 8.31. The predicted molar refractivity (Wildman–Crippen MR) is 126 cm³/mol. The first-order chi connectivity index (χ1) is 14.1. The van der Waals surface area contributed by atoms with Crippen LogP contribution in [-0.2, 0) is 12.8 Å². The maximum Gasteiger partial charge on any atom is 0.267 e. The third-order valence-corrected chi connectivity index (χ3v) is 7.99. The molecule has 0 amide bonds. The van der Waals surface area contributed by atoms with Crippen molar-refractivity contribution in [1.29, 1.82) is 0 Å². The molecule has 1 aliphatic carbocycles. The summed E-state index contributed by atoms with van der Waals surface area (Å²) >= 11 is 3.48. The van der Waals surface area contributed by atoms with Crippen LogP contribution < -0.4 is 5.56 Å². The van der Waals surface area contributed by atoms with Gasteiger partial charge in [0.05, 0.1) is 11.1 Å². The van der Waals surface area contributed by atoms with Crippen LogP contribution in [0.2, 0.25) is 0 Å². The highest BCUT2D eigenvalue weighted by Crippen LogP contribution is 2.37. The molecule has 4 rings (SSSR count). The van der Waals surface area contributed by atoms with Crippen LogP contribution in [0.25, 0.3) is 15.9 Å². The highest BCUT2D eigenvalue weighted by atomic mass is 32.2. The molecule has 2 heterocycles. The van der Waals surface area contributed by atoms with Gasteiger partial charge in [-0.3, -0.25) is 9.36 Å². The predicted octanol–water partition coefficient (Wildman–Crippen LogP) is 6.55. The van der Waals surface area contributed by atoms with E-state index >= 15 is 0 Å². The summed E-state index contributed by atoms with van der Waals surface area (Å²) < 4.78 is 1.86. The number of rotatable bonds is 7. The molecule has 0 saturated carbocycles. The topological polar surface area (TPSA) is 34.9 Å². The van der Waals surface area contributed by atoms with Crippen molar-refractivity contribution in [2.45, 2.75) is 70.9 Å². The van der Waals surface area contributed by atoms with Crippen LogP contribution in [0.1, 0.15) is 62.0 Å². The molecule has 0 bridgehead atoms. The minimum Gasteiger partial charge on any atom is -0.268 e. The van der Waals surface area contributed by atoms with Crippen molar-refractivity contribution in [3.8, 4) is 5.69 Å². The highest BCUT2D eigenvalue weighted by molar-refractivity contribution is 7.99. The van der Waals surface area contributed by atoms with E-state index < -0.39 is 0 Å². The SMILES string of the molecule is CCCCCCSc1nc2sc3c(c2c(=O)n1-c1ccc(C)cc1)CCC(C)C3. The van der Waals surface area contributed by atoms with Gasteiger partial charge in [-0.25, -0.2) is 4.98 Å². The lowest BCUT2D eigenvalue weighted by Crippen LogP contribution is -2.22. The normalized spacial score (nSPS) is 16.3. The third kappa shape index (κ3) is 4.31. The van der Waals surface area contributed by atoms with Gasteiger partial charge in [-0.1, -0.05) is 62.6 Å². The number of aryl methyl sites for hydroxylation is 2. The molecule has 0 N–H and O–H groups in total. The van der Waals surface area contributed by atoms with E-state index in [1.807, 2.05) is 16.7 Å². The first-order valence-corrected chi connectivity index (χ1v) is 12.7. The molecule has 154 valence electrons. The lowest BCUT2D eigenvalue weighted by atomic mass is 9.89. The Morgan fingerprint density at radius 3 is 2.76 bits per heavy atom. The zero-order valence-electron chi connectivity index (χ0n) is 17.7. The van der Waals surface area contributed by atoms with Crippen molar-refractivity contribution in [2.24, 2.45) is 5.92 Å². The minimum atomic E-state index is 0.113. The Kier molecular flexibility index (Phi) is 6.45. The summed E-state index contributed by atoms with van der Waals surface area (Å²) in [5, 5.41) is 1.71. The molecule has 0 radical (unpaired) electrons. The fourth-order valence-electron chi connectivity index (χ4n) is 4.08. The third-order valence-electron chi connectivity index (χ3n) is 5.82. The number of unbranched alkanes of at least 4 members (excludes halogenated alkanes) is 3. The standard InChI is InChI=1S/C24H30N2OS2/c1-4-5-6-7-14-28-24-25-22-21(19-13-10-17(3)15-20(19)29-22)23(27)26(24)18-11-8-16(2)9-12-18/h8-9,11-12,17H,4-7,10,13-15H2,1-3H3. The minimum absolute atomic E-state index is 0.113. The van der Waals surface area contributed by atoms with Gasteiger partial charge in [0.25, 0.3) is 5.56 Å². The van der Waals surface area contributed by atoms with Gasteiger partial charge >= 0.3 is 0 Å². The van der Waals surface area contributed by atoms with Gasteiger partial charge in [0.1, 0.15) is 4.83 Å². The molecule has 1 aromatic carbocycles. The van der Waals surface area contributed by atoms with Crippen LogP contribution in [0.3, 0.4) is 0 Å². The number of thioether (sulfide) groups is 1. The van der Waals surface area contributed by atoms with E-state index in [1.165, 1.54) is 41.7 Å². The Bertz CT molecular complexity index is 1050. The smallest absolute Gasteiger partial charge is 0.267 e. The number of hydrogen-bond donors (Lipinski definition) is 0. The summed E-state index contributed by atoms with van der Waals surface area (Å²) in [6.07, 6.45) is 8.17. The average molecular weight is 427 g/mol. The molecular formula is C24H30N2OS2. The van der Waals surface area contributed by atoms with E-state index in [1.54, 1.807) is 23.1 Å². The summed E-state index contributed by atoms with van der Waals surface area (Å²) in [6.45, 7) is 6.62. The molecular weight excluding hydrogens is 396 g/mol. The number of nitrogens with zero attached hydrogens (tertiary/aromatic N) is 2. The summed E-state index contributed by atoms with van der Waals surface area (Å²) in [5.74, 6) is 1.70. The fraction of sp³-hybridized carbons (Fsp3) is 0.500. The van der Waals surface area contributed by atoms with Gasteiger partial charge in [0.2, 0.25) is 0 Å². The number of benzene rings is 1. The van der Waals surface area contributed by atoms with Crippen LogP contribution in [0, 0.1) is 12.8 Å². The van der Waals surface area contributed by atoms with Gasteiger partial charge in [0.15, 0.2) is 5.16 Å². The Morgan fingerprint density at radius 1 is 1.21 bits per heavy atom. The molecule has 1 atom stereocenters. The molecule has 29 heavy (non-hydrogen) atoms. The molecule has 0 aliphatic heterocycles. The maximum atomic E-state index is 13.7.